The minimum Gasteiger partial charge on any atom is -0.484 e. The Morgan fingerprint density at radius 2 is 1.96 bits per heavy atom. The van der Waals surface area contributed by atoms with Gasteiger partial charge in [-0.15, -0.1) is 10.2 Å². The average Bonchev–Trinajstić information content (AvgIpc) is 3.25. The molecule has 0 aliphatic heterocycles. The lowest BCUT2D eigenvalue weighted by molar-refractivity contribution is -0.118. The minimum atomic E-state index is -0.219. The van der Waals surface area contributed by atoms with Gasteiger partial charge in [0.25, 0.3) is 5.91 Å². The third kappa shape index (κ3) is 4.28. The maximum Gasteiger partial charge on any atom is 0.264 e. The van der Waals surface area contributed by atoms with E-state index in [0.29, 0.717) is 16.8 Å². The van der Waals surface area contributed by atoms with Crippen LogP contribution in [0.15, 0.2) is 24.3 Å². The highest BCUT2D eigenvalue weighted by Crippen LogP contribution is 2.42. The molecule has 1 aromatic carbocycles. The van der Waals surface area contributed by atoms with Crippen molar-refractivity contribution >= 4 is 22.4 Å². The molecule has 0 radical (unpaired) electrons. The molecule has 0 atom stereocenters. The summed E-state index contributed by atoms with van der Waals surface area (Å²) in [4.78, 5) is 11.9. The van der Waals surface area contributed by atoms with Crippen molar-refractivity contribution in [1.82, 2.24) is 10.2 Å². The molecule has 2 aromatic rings. The van der Waals surface area contributed by atoms with Gasteiger partial charge in [-0.05, 0) is 36.0 Å². The second kappa shape index (κ2) is 6.28. The number of hydrogen-bond acceptors (Lipinski definition) is 5. The standard InChI is InChI=1S/C17H21N3O2S/c1-17(2,3)12-6-8-13(9-7-12)22-10-14(21)18-16-20-19-15(23-16)11-4-5-11/h6-9,11H,4-5,10H2,1-3H3,(H,18,20,21). The molecule has 0 unspecified atom stereocenters. The van der Waals surface area contributed by atoms with Crippen molar-refractivity contribution in [2.24, 2.45) is 0 Å². The molecule has 1 saturated carbocycles. The SMILES string of the molecule is CC(C)(C)c1ccc(OCC(=O)Nc2nnc(C3CC3)s2)cc1. The molecule has 23 heavy (non-hydrogen) atoms. The Hall–Kier alpha value is -1.95. The molecule has 0 saturated heterocycles. The van der Waals surface area contributed by atoms with E-state index in [1.165, 1.54) is 29.7 Å². The van der Waals surface area contributed by atoms with Crippen LogP contribution in [0.2, 0.25) is 0 Å². The zero-order valence-corrected chi connectivity index (χ0v) is 14.4. The van der Waals surface area contributed by atoms with Crippen molar-refractivity contribution in [2.45, 2.75) is 44.9 Å². The predicted octanol–water partition coefficient (Wildman–Crippen LogP) is 3.73. The summed E-state index contributed by atoms with van der Waals surface area (Å²) in [6.45, 7) is 6.45. The van der Waals surface area contributed by atoms with Crippen LogP contribution in [0, 0.1) is 0 Å². The molecule has 6 heteroatoms. The number of carbonyl (C=O) groups excluding carboxylic acids is 1. The van der Waals surface area contributed by atoms with E-state index in [2.05, 4.69) is 36.3 Å². The molecular weight excluding hydrogens is 310 g/mol. The van der Waals surface area contributed by atoms with Gasteiger partial charge in [-0.1, -0.05) is 44.2 Å². The highest BCUT2D eigenvalue weighted by molar-refractivity contribution is 7.15. The summed E-state index contributed by atoms with van der Waals surface area (Å²) in [6.07, 6.45) is 2.35. The van der Waals surface area contributed by atoms with E-state index >= 15 is 0 Å². The number of rotatable bonds is 5. The van der Waals surface area contributed by atoms with Crippen molar-refractivity contribution in [3.63, 3.8) is 0 Å². The molecule has 1 aliphatic carbocycles. The van der Waals surface area contributed by atoms with Gasteiger partial charge in [0.15, 0.2) is 6.61 Å². The number of amides is 1. The van der Waals surface area contributed by atoms with Crippen LogP contribution in [0.1, 0.15) is 50.1 Å². The van der Waals surface area contributed by atoms with E-state index in [4.69, 9.17) is 4.74 Å². The lowest BCUT2D eigenvalue weighted by Crippen LogP contribution is -2.20. The molecule has 0 spiro atoms. The molecule has 1 amide bonds. The van der Waals surface area contributed by atoms with Gasteiger partial charge in [0.2, 0.25) is 5.13 Å². The molecule has 5 nitrogen and oxygen atoms in total. The van der Waals surface area contributed by atoms with E-state index < -0.39 is 0 Å². The van der Waals surface area contributed by atoms with Gasteiger partial charge in [0, 0.05) is 5.92 Å². The number of ether oxygens (including phenoxy) is 1. The molecule has 1 fully saturated rings. The molecule has 1 heterocycles. The number of benzene rings is 1. The van der Waals surface area contributed by atoms with Gasteiger partial charge >= 0.3 is 0 Å². The summed E-state index contributed by atoms with van der Waals surface area (Å²) in [5, 5.41) is 12.4. The molecule has 0 bridgehead atoms. The zero-order valence-electron chi connectivity index (χ0n) is 13.6. The Bertz CT molecular complexity index is 685. The second-order valence-electron chi connectivity index (χ2n) is 6.83. The van der Waals surface area contributed by atoms with Gasteiger partial charge < -0.3 is 4.74 Å². The van der Waals surface area contributed by atoms with Crippen LogP contribution in [0.25, 0.3) is 0 Å². The lowest BCUT2D eigenvalue weighted by atomic mass is 9.87. The fourth-order valence-electron chi connectivity index (χ4n) is 2.14. The highest BCUT2D eigenvalue weighted by Gasteiger charge is 2.27. The van der Waals surface area contributed by atoms with Crippen LogP contribution < -0.4 is 10.1 Å². The van der Waals surface area contributed by atoms with E-state index in [0.717, 1.165) is 5.01 Å². The zero-order chi connectivity index (χ0) is 16.4. The summed E-state index contributed by atoms with van der Waals surface area (Å²) in [5.74, 6) is 1.02. The van der Waals surface area contributed by atoms with Crippen molar-refractivity contribution in [3.8, 4) is 5.75 Å². The highest BCUT2D eigenvalue weighted by atomic mass is 32.1. The van der Waals surface area contributed by atoms with Crippen molar-refractivity contribution < 1.29 is 9.53 Å². The number of hydrogen-bond donors (Lipinski definition) is 1. The van der Waals surface area contributed by atoms with E-state index in [1.54, 1.807) is 0 Å². The first kappa shape index (κ1) is 15.9. The molecule has 1 aromatic heterocycles. The second-order valence-corrected chi connectivity index (χ2v) is 7.84. The van der Waals surface area contributed by atoms with E-state index in [1.807, 2.05) is 24.3 Å². The number of carbonyl (C=O) groups is 1. The monoisotopic (exact) mass is 331 g/mol. The van der Waals surface area contributed by atoms with Gasteiger partial charge in [-0.25, -0.2) is 0 Å². The first-order chi connectivity index (χ1) is 10.9. The Morgan fingerprint density at radius 1 is 1.26 bits per heavy atom. The summed E-state index contributed by atoms with van der Waals surface area (Å²) in [6, 6.07) is 7.84. The van der Waals surface area contributed by atoms with Crippen LogP contribution in [0.3, 0.4) is 0 Å². The van der Waals surface area contributed by atoms with Crippen LogP contribution in [0.4, 0.5) is 5.13 Å². The summed E-state index contributed by atoms with van der Waals surface area (Å²) in [7, 11) is 0. The Labute approximate surface area is 140 Å². The van der Waals surface area contributed by atoms with Crippen LogP contribution in [-0.2, 0) is 10.2 Å². The molecule has 122 valence electrons. The predicted molar refractivity (Wildman–Crippen MR) is 91.2 cm³/mol. The molecule has 1 aliphatic rings. The fraction of sp³-hybridized carbons (Fsp3) is 0.471. The van der Waals surface area contributed by atoms with Crippen LogP contribution in [0.5, 0.6) is 5.75 Å². The quantitative estimate of drug-likeness (QED) is 0.906. The van der Waals surface area contributed by atoms with Gasteiger partial charge in [-0.2, -0.15) is 0 Å². The van der Waals surface area contributed by atoms with Gasteiger partial charge in [0.05, 0.1) is 0 Å². The largest absolute Gasteiger partial charge is 0.484 e. The smallest absolute Gasteiger partial charge is 0.264 e. The summed E-state index contributed by atoms with van der Waals surface area (Å²) >= 11 is 1.45. The minimum absolute atomic E-state index is 0.0345. The third-order valence-corrected chi connectivity index (χ3v) is 4.71. The Balaban J connectivity index is 1.50. The maximum absolute atomic E-state index is 11.9. The van der Waals surface area contributed by atoms with E-state index in [-0.39, 0.29) is 17.9 Å². The number of nitrogens with zero attached hydrogens (tertiary/aromatic N) is 2. The number of anilines is 1. The van der Waals surface area contributed by atoms with Gasteiger partial charge in [-0.3, -0.25) is 10.1 Å². The first-order valence-corrected chi connectivity index (χ1v) is 8.60. The number of aromatic nitrogens is 2. The van der Waals surface area contributed by atoms with Crippen molar-refractivity contribution in [2.75, 3.05) is 11.9 Å². The topological polar surface area (TPSA) is 64.1 Å². The fourth-order valence-corrected chi connectivity index (χ4v) is 3.06. The third-order valence-electron chi connectivity index (χ3n) is 3.70. The Kier molecular flexibility index (Phi) is 4.35. The van der Waals surface area contributed by atoms with Gasteiger partial charge in [0.1, 0.15) is 10.8 Å². The maximum atomic E-state index is 11.9. The van der Waals surface area contributed by atoms with Crippen molar-refractivity contribution in [3.05, 3.63) is 34.8 Å². The summed E-state index contributed by atoms with van der Waals surface area (Å²) < 4.78 is 5.52. The van der Waals surface area contributed by atoms with E-state index in [9.17, 15) is 4.79 Å². The van der Waals surface area contributed by atoms with Crippen LogP contribution >= 0.6 is 11.3 Å². The molecular formula is C17H21N3O2S. The summed E-state index contributed by atoms with van der Waals surface area (Å²) in [5.41, 5.74) is 1.34. The van der Waals surface area contributed by atoms with Crippen LogP contribution in [-0.4, -0.2) is 22.7 Å². The normalized spacial score (nSPS) is 14.6. The Morgan fingerprint density at radius 3 is 2.57 bits per heavy atom. The molecule has 1 N–H and O–H groups in total. The lowest BCUT2D eigenvalue weighted by Gasteiger charge is -2.19. The number of nitrogens with one attached hydrogen (secondary N) is 1. The average molecular weight is 331 g/mol. The first-order valence-electron chi connectivity index (χ1n) is 7.78. The molecule has 3 rings (SSSR count). The van der Waals surface area contributed by atoms with Crippen molar-refractivity contribution in [1.29, 1.82) is 0 Å².